The molecule has 3 nitrogen and oxygen atoms in total. The van der Waals surface area contributed by atoms with Gasteiger partial charge in [-0.1, -0.05) is 19.8 Å². The molecule has 1 aromatic carbocycles. The van der Waals surface area contributed by atoms with Crippen LogP contribution in [-0.2, 0) is 0 Å². The lowest BCUT2D eigenvalue weighted by molar-refractivity contribution is -0.0109. The molecule has 0 aromatic heterocycles. The molecule has 2 N–H and O–H groups in total. The third-order valence-corrected chi connectivity index (χ3v) is 4.48. The van der Waals surface area contributed by atoms with Gasteiger partial charge in [-0.05, 0) is 52.9 Å². The van der Waals surface area contributed by atoms with Crippen LogP contribution in [0.5, 0.6) is 0 Å². The van der Waals surface area contributed by atoms with E-state index in [0.717, 1.165) is 12.8 Å². The summed E-state index contributed by atoms with van der Waals surface area (Å²) in [6.45, 7) is 2.35. The lowest BCUT2D eigenvalue weighted by atomic mass is 9.79. The van der Waals surface area contributed by atoms with Gasteiger partial charge in [0.05, 0.1) is 11.2 Å². The molecule has 2 rings (SSSR count). The first-order valence-corrected chi connectivity index (χ1v) is 7.64. The number of halogens is 2. The summed E-state index contributed by atoms with van der Waals surface area (Å²) in [6.07, 6.45) is 3.52. The zero-order valence-electron chi connectivity index (χ0n) is 11.5. The zero-order valence-corrected chi connectivity index (χ0v) is 13.0. The number of amides is 1. The standard InChI is InChI=1S/C15H19BrFNO2/c1-10-3-2-6-15(20,8-10)9-18-14(19)12-5-4-11(17)7-13(12)16/h4-5,7,10,20H,2-3,6,8-9H2,1H3,(H,18,19). The molecule has 1 aromatic rings. The molecule has 0 spiro atoms. The Morgan fingerprint density at radius 2 is 2.35 bits per heavy atom. The van der Waals surface area contributed by atoms with Crippen LogP contribution in [0.1, 0.15) is 43.0 Å². The maximum atomic E-state index is 13.0. The fourth-order valence-corrected chi connectivity index (χ4v) is 3.34. The molecule has 0 radical (unpaired) electrons. The third kappa shape index (κ3) is 3.79. The van der Waals surface area contributed by atoms with Gasteiger partial charge in [0.2, 0.25) is 0 Å². The van der Waals surface area contributed by atoms with E-state index in [1.807, 2.05) is 0 Å². The van der Waals surface area contributed by atoms with E-state index in [4.69, 9.17) is 0 Å². The third-order valence-electron chi connectivity index (χ3n) is 3.82. The summed E-state index contributed by atoms with van der Waals surface area (Å²) in [5.74, 6) is -0.222. The van der Waals surface area contributed by atoms with Crippen LogP contribution in [0.25, 0.3) is 0 Å². The zero-order chi connectivity index (χ0) is 14.8. The summed E-state index contributed by atoms with van der Waals surface area (Å²) < 4.78 is 13.4. The maximum absolute atomic E-state index is 13.0. The highest BCUT2D eigenvalue weighted by Crippen LogP contribution is 2.31. The van der Waals surface area contributed by atoms with Crippen molar-refractivity contribution in [2.24, 2.45) is 5.92 Å². The molecule has 2 atom stereocenters. The van der Waals surface area contributed by atoms with Crippen molar-refractivity contribution in [1.29, 1.82) is 0 Å². The SMILES string of the molecule is CC1CCCC(O)(CNC(=O)c2ccc(F)cc2Br)C1. The maximum Gasteiger partial charge on any atom is 0.252 e. The van der Waals surface area contributed by atoms with E-state index in [0.29, 0.717) is 28.8 Å². The molecular formula is C15H19BrFNO2. The van der Waals surface area contributed by atoms with Gasteiger partial charge in [-0.2, -0.15) is 0 Å². The van der Waals surface area contributed by atoms with Crippen molar-refractivity contribution < 1.29 is 14.3 Å². The molecule has 0 bridgehead atoms. The first-order valence-electron chi connectivity index (χ1n) is 6.85. The smallest absolute Gasteiger partial charge is 0.252 e. The van der Waals surface area contributed by atoms with E-state index in [1.54, 1.807) is 0 Å². The van der Waals surface area contributed by atoms with Crippen LogP contribution in [0.4, 0.5) is 4.39 Å². The van der Waals surface area contributed by atoms with Crippen molar-refractivity contribution in [2.75, 3.05) is 6.54 Å². The fraction of sp³-hybridized carbons (Fsp3) is 0.533. The molecule has 5 heteroatoms. The van der Waals surface area contributed by atoms with Gasteiger partial charge in [0.1, 0.15) is 5.82 Å². The molecule has 1 amide bonds. The lowest BCUT2D eigenvalue weighted by Crippen LogP contribution is -2.45. The minimum Gasteiger partial charge on any atom is -0.388 e. The summed E-state index contributed by atoms with van der Waals surface area (Å²) >= 11 is 3.17. The second-order valence-electron chi connectivity index (χ2n) is 5.73. The number of rotatable bonds is 3. The molecule has 0 heterocycles. The van der Waals surface area contributed by atoms with Crippen molar-refractivity contribution in [3.8, 4) is 0 Å². The molecule has 2 unspecified atom stereocenters. The van der Waals surface area contributed by atoms with Crippen molar-refractivity contribution in [3.05, 3.63) is 34.1 Å². The Morgan fingerprint density at radius 1 is 1.60 bits per heavy atom. The lowest BCUT2D eigenvalue weighted by Gasteiger charge is -2.35. The van der Waals surface area contributed by atoms with E-state index >= 15 is 0 Å². The van der Waals surface area contributed by atoms with Gasteiger partial charge in [0.25, 0.3) is 5.91 Å². The highest BCUT2D eigenvalue weighted by molar-refractivity contribution is 9.10. The summed E-state index contributed by atoms with van der Waals surface area (Å²) in [6, 6.07) is 3.94. The van der Waals surface area contributed by atoms with Gasteiger partial charge in [-0.15, -0.1) is 0 Å². The number of aliphatic hydroxyl groups is 1. The van der Waals surface area contributed by atoms with Gasteiger partial charge in [0, 0.05) is 11.0 Å². The van der Waals surface area contributed by atoms with E-state index in [1.165, 1.54) is 18.2 Å². The van der Waals surface area contributed by atoms with Crippen LogP contribution in [0, 0.1) is 11.7 Å². The van der Waals surface area contributed by atoms with Crippen molar-refractivity contribution >= 4 is 21.8 Å². The quantitative estimate of drug-likeness (QED) is 0.884. The Kier molecular flexibility index (Phi) is 4.81. The molecule has 110 valence electrons. The van der Waals surface area contributed by atoms with Gasteiger partial charge in [-0.25, -0.2) is 4.39 Å². The molecule has 20 heavy (non-hydrogen) atoms. The number of hydrogen-bond acceptors (Lipinski definition) is 2. The van der Waals surface area contributed by atoms with Crippen molar-refractivity contribution in [3.63, 3.8) is 0 Å². The largest absolute Gasteiger partial charge is 0.388 e. The Balaban J connectivity index is 1.98. The van der Waals surface area contributed by atoms with E-state index in [2.05, 4.69) is 28.2 Å². The topological polar surface area (TPSA) is 49.3 Å². The Labute approximate surface area is 126 Å². The predicted octanol–water partition coefficient (Wildman–Crippen LogP) is 3.26. The summed E-state index contributed by atoms with van der Waals surface area (Å²) in [4.78, 5) is 12.1. The summed E-state index contributed by atoms with van der Waals surface area (Å²) in [5.41, 5.74) is -0.446. The first kappa shape index (κ1) is 15.4. The minimum atomic E-state index is -0.820. The van der Waals surface area contributed by atoms with E-state index in [-0.39, 0.29) is 12.5 Å². The number of nitrogens with one attached hydrogen (secondary N) is 1. The highest BCUT2D eigenvalue weighted by Gasteiger charge is 2.33. The molecule has 1 saturated carbocycles. The second-order valence-corrected chi connectivity index (χ2v) is 6.59. The molecule has 0 aliphatic heterocycles. The average molecular weight is 344 g/mol. The van der Waals surface area contributed by atoms with E-state index in [9.17, 15) is 14.3 Å². The molecule has 1 fully saturated rings. The minimum absolute atomic E-state index is 0.236. The number of carbonyl (C=O) groups is 1. The van der Waals surface area contributed by atoms with Crippen LogP contribution < -0.4 is 5.32 Å². The van der Waals surface area contributed by atoms with Gasteiger partial charge < -0.3 is 10.4 Å². The predicted molar refractivity (Wildman–Crippen MR) is 79.0 cm³/mol. The normalized spacial score (nSPS) is 26.3. The second kappa shape index (κ2) is 6.22. The van der Waals surface area contributed by atoms with Gasteiger partial charge >= 0.3 is 0 Å². The van der Waals surface area contributed by atoms with Gasteiger partial charge in [-0.3, -0.25) is 4.79 Å². The Morgan fingerprint density at radius 3 is 3.00 bits per heavy atom. The fourth-order valence-electron chi connectivity index (χ4n) is 2.81. The molecule has 1 aliphatic carbocycles. The number of hydrogen-bond donors (Lipinski definition) is 2. The Bertz CT molecular complexity index is 509. The van der Waals surface area contributed by atoms with E-state index < -0.39 is 11.4 Å². The summed E-state index contributed by atoms with van der Waals surface area (Å²) in [5, 5.41) is 13.2. The van der Waals surface area contributed by atoms with Crippen LogP contribution in [-0.4, -0.2) is 23.2 Å². The van der Waals surface area contributed by atoms with Crippen LogP contribution in [0.2, 0.25) is 0 Å². The van der Waals surface area contributed by atoms with Crippen LogP contribution >= 0.6 is 15.9 Å². The highest BCUT2D eigenvalue weighted by atomic mass is 79.9. The molecule has 1 aliphatic rings. The van der Waals surface area contributed by atoms with Crippen molar-refractivity contribution in [1.82, 2.24) is 5.32 Å². The number of benzene rings is 1. The first-order chi connectivity index (χ1) is 9.39. The number of carbonyl (C=O) groups excluding carboxylic acids is 1. The van der Waals surface area contributed by atoms with Gasteiger partial charge in [0.15, 0.2) is 0 Å². The molecular weight excluding hydrogens is 325 g/mol. The Hall–Kier alpha value is -0.940. The molecule has 0 saturated heterocycles. The van der Waals surface area contributed by atoms with Crippen LogP contribution in [0.15, 0.2) is 22.7 Å². The van der Waals surface area contributed by atoms with Crippen molar-refractivity contribution in [2.45, 2.75) is 38.2 Å². The monoisotopic (exact) mass is 343 g/mol. The van der Waals surface area contributed by atoms with Crippen LogP contribution in [0.3, 0.4) is 0 Å². The average Bonchev–Trinajstić information content (AvgIpc) is 2.36. The summed E-state index contributed by atoms with van der Waals surface area (Å²) in [7, 11) is 0.